The van der Waals surface area contributed by atoms with Crippen molar-refractivity contribution in [3.63, 3.8) is 0 Å². The van der Waals surface area contributed by atoms with Gasteiger partial charge in [0, 0.05) is 22.4 Å². The zero-order valence-corrected chi connectivity index (χ0v) is 16.1. The van der Waals surface area contributed by atoms with Gasteiger partial charge in [0.25, 0.3) is 5.91 Å². The Morgan fingerprint density at radius 2 is 2.14 bits per heavy atom. The fourth-order valence-electron chi connectivity index (χ4n) is 3.16. The molecule has 2 atom stereocenters. The van der Waals surface area contributed by atoms with Crippen LogP contribution in [0.5, 0.6) is 5.75 Å². The molecule has 3 aromatic rings. The number of benzene rings is 1. The number of nitrogens with one attached hydrogen (secondary N) is 2. The predicted molar refractivity (Wildman–Crippen MR) is 104 cm³/mol. The number of aromatic nitrogens is 2. The number of hydrogen-bond donors (Lipinski definition) is 3. The Bertz CT molecular complexity index is 1050. The van der Waals surface area contributed by atoms with E-state index in [1.165, 1.54) is 35.6 Å². The van der Waals surface area contributed by atoms with Crippen LogP contribution in [0.3, 0.4) is 0 Å². The lowest BCUT2D eigenvalue weighted by Gasteiger charge is -2.32. The average molecular weight is 443 g/mol. The number of phenols is 1. The van der Waals surface area contributed by atoms with Gasteiger partial charge in [-0.2, -0.15) is 18.3 Å². The van der Waals surface area contributed by atoms with Gasteiger partial charge in [-0.1, -0.05) is 17.7 Å². The van der Waals surface area contributed by atoms with Crippen LogP contribution in [0.15, 0.2) is 41.8 Å². The summed E-state index contributed by atoms with van der Waals surface area (Å²) >= 11 is 7.20. The number of nitrogens with zero attached hydrogens (tertiary/aromatic N) is 2. The standard InChI is InChI=1S/C18H14ClF3N4O2S/c19-9-3-4-13(27)10(6-9)24-17(28)12-8-16-23-11(14-2-1-5-29-14)7-15(18(20,21)22)26(16)25-12/h1-6,8,11,15,23,27H,7H2,(H,24,28). The summed E-state index contributed by atoms with van der Waals surface area (Å²) in [6.45, 7) is 0. The Morgan fingerprint density at radius 3 is 2.83 bits per heavy atom. The Hall–Kier alpha value is -2.72. The topological polar surface area (TPSA) is 79.2 Å². The van der Waals surface area contributed by atoms with E-state index in [9.17, 15) is 23.1 Å². The summed E-state index contributed by atoms with van der Waals surface area (Å²) < 4.78 is 41.8. The number of thiophene rings is 1. The van der Waals surface area contributed by atoms with Crippen LogP contribution in [0.25, 0.3) is 0 Å². The first-order valence-corrected chi connectivity index (χ1v) is 9.74. The first-order valence-electron chi connectivity index (χ1n) is 8.48. The van der Waals surface area contributed by atoms with Crippen molar-refractivity contribution in [1.29, 1.82) is 0 Å². The van der Waals surface area contributed by atoms with Crippen LogP contribution >= 0.6 is 22.9 Å². The highest BCUT2D eigenvalue weighted by molar-refractivity contribution is 7.10. The molecular formula is C18H14ClF3N4O2S. The van der Waals surface area contributed by atoms with E-state index in [-0.39, 0.29) is 34.4 Å². The van der Waals surface area contributed by atoms with E-state index in [2.05, 4.69) is 15.7 Å². The number of carbonyl (C=O) groups is 1. The molecule has 0 bridgehead atoms. The molecule has 3 N–H and O–H groups in total. The number of hydrogen-bond acceptors (Lipinski definition) is 5. The SMILES string of the molecule is O=C(Nc1cc(Cl)ccc1O)c1cc2n(n1)C(C(F)(F)F)CC(c1cccs1)N2. The number of anilines is 2. The second-order valence-electron chi connectivity index (χ2n) is 6.48. The number of carbonyl (C=O) groups excluding carboxylic acids is 1. The summed E-state index contributed by atoms with van der Waals surface area (Å²) in [4.78, 5) is 13.3. The predicted octanol–water partition coefficient (Wildman–Crippen LogP) is 5.22. The van der Waals surface area contributed by atoms with E-state index in [1.807, 2.05) is 0 Å². The van der Waals surface area contributed by atoms with Crippen LogP contribution in [0.4, 0.5) is 24.7 Å². The lowest BCUT2D eigenvalue weighted by atomic mass is 10.0. The first-order chi connectivity index (χ1) is 13.7. The Morgan fingerprint density at radius 1 is 1.34 bits per heavy atom. The maximum absolute atomic E-state index is 13.7. The maximum atomic E-state index is 13.7. The zero-order chi connectivity index (χ0) is 20.8. The van der Waals surface area contributed by atoms with Crippen LogP contribution in [-0.2, 0) is 0 Å². The monoisotopic (exact) mass is 442 g/mol. The lowest BCUT2D eigenvalue weighted by Crippen LogP contribution is -2.35. The summed E-state index contributed by atoms with van der Waals surface area (Å²) in [5.41, 5.74) is -0.182. The fourth-order valence-corrected chi connectivity index (χ4v) is 4.12. The maximum Gasteiger partial charge on any atom is 0.410 e. The lowest BCUT2D eigenvalue weighted by molar-refractivity contribution is -0.173. The minimum atomic E-state index is -4.53. The number of alkyl halides is 3. The zero-order valence-electron chi connectivity index (χ0n) is 14.6. The van der Waals surface area contributed by atoms with Crippen molar-refractivity contribution in [3.8, 4) is 5.75 Å². The molecule has 0 saturated heterocycles. The summed E-state index contributed by atoms with van der Waals surface area (Å²) in [6.07, 6.45) is -4.77. The summed E-state index contributed by atoms with van der Waals surface area (Å²) in [5, 5.41) is 21.2. The van der Waals surface area contributed by atoms with Crippen LogP contribution in [0.2, 0.25) is 5.02 Å². The van der Waals surface area contributed by atoms with Gasteiger partial charge in [-0.3, -0.25) is 4.79 Å². The Balaban J connectivity index is 1.65. The van der Waals surface area contributed by atoms with Gasteiger partial charge in [0.15, 0.2) is 11.7 Å². The number of halogens is 4. The molecule has 6 nitrogen and oxygen atoms in total. The molecule has 2 aromatic heterocycles. The number of phenolic OH excluding ortho intramolecular Hbond substituents is 1. The third-order valence-corrected chi connectivity index (χ3v) is 5.74. The minimum Gasteiger partial charge on any atom is -0.506 e. The van der Waals surface area contributed by atoms with E-state index >= 15 is 0 Å². The van der Waals surface area contributed by atoms with E-state index in [4.69, 9.17) is 11.6 Å². The average Bonchev–Trinajstić information content (AvgIpc) is 3.32. The minimum absolute atomic E-state index is 0.0327. The molecule has 0 spiro atoms. The molecule has 11 heteroatoms. The second-order valence-corrected chi connectivity index (χ2v) is 7.90. The van der Waals surface area contributed by atoms with Crippen molar-refractivity contribution in [2.75, 3.05) is 10.6 Å². The summed E-state index contributed by atoms with van der Waals surface area (Å²) in [5.74, 6) is -0.895. The van der Waals surface area contributed by atoms with Crippen LogP contribution in [-0.4, -0.2) is 27.0 Å². The van der Waals surface area contributed by atoms with Gasteiger partial charge in [-0.15, -0.1) is 11.3 Å². The molecular weight excluding hydrogens is 429 g/mol. The molecule has 0 radical (unpaired) electrons. The van der Waals surface area contributed by atoms with E-state index < -0.39 is 24.2 Å². The molecule has 1 aliphatic heterocycles. The molecule has 1 aromatic carbocycles. The third-order valence-electron chi connectivity index (χ3n) is 4.52. The normalized spacial score (nSPS) is 18.8. The fraction of sp³-hybridized carbons (Fsp3) is 0.222. The molecule has 29 heavy (non-hydrogen) atoms. The van der Waals surface area contributed by atoms with E-state index in [0.29, 0.717) is 0 Å². The summed E-state index contributed by atoms with van der Waals surface area (Å²) in [6, 6.07) is 6.44. The van der Waals surface area contributed by atoms with Gasteiger partial charge in [0.05, 0.1) is 11.7 Å². The van der Waals surface area contributed by atoms with Crippen LogP contribution in [0, 0.1) is 0 Å². The van der Waals surface area contributed by atoms with Crippen molar-refractivity contribution in [1.82, 2.24) is 9.78 Å². The Kier molecular flexibility index (Phi) is 4.91. The second kappa shape index (κ2) is 7.27. The van der Waals surface area contributed by atoms with Gasteiger partial charge in [-0.25, -0.2) is 4.68 Å². The van der Waals surface area contributed by atoms with Gasteiger partial charge < -0.3 is 15.7 Å². The largest absolute Gasteiger partial charge is 0.506 e. The summed E-state index contributed by atoms with van der Waals surface area (Å²) in [7, 11) is 0. The van der Waals surface area contributed by atoms with E-state index in [1.54, 1.807) is 17.5 Å². The first kappa shape index (κ1) is 19.6. The van der Waals surface area contributed by atoms with Gasteiger partial charge in [-0.05, 0) is 29.6 Å². The van der Waals surface area contributed by atoms with Gasteiger partial charge in [0.1, 0.15) is 11.6 Å². The highest BCUT2D eigenvalue weighted by atomic mass is 35.5. The van der Waals surface area contributed by atoms with Crippen molar-refractivity contribution in [2.24, 2.45) is 0 Å². The highest BCUT2D eigenvalue weighted by Gasteiger charge is 2.47. The quantitative estimate of drug-likeness (QED) is 0.486. The molecule has 1 aliphatic rings. The number of aromatic hydroxyl groups is 1. The number of fused-ring (bicyclic) bond motifs is 1. The van der Waals surface area contributed by atoms with Crippen molar-refractivity contribution in [3.05, 3.63) is 57.4 Å². The molecule has 0 aliphatic carbocycles. The molecule has 152 valence electrons. The molecule has 2 unspecified atom stereocenters. The number of rotatable bonds is 3. The number of amides is 1. The highest BCUT2D eigenvalue weighted by Crippen LogP contribution is 2.44. The van der Waals surface area contributed by atoms with Crippen LogP contribution in [0.1, 0.15) is 33.9 Å². The molecule has 4 rings (SSSR count). The van der Waals surface area contributed by atoms with Crippen molar-refractivity contribution in [2.45, 2.75) is 24.7 Å². The third kappa shape index (κ3) is 3.90. The Labute approximate surface area is 171 Å². The molecule has 0 fully saturated rings. The molecule has 1 amide bonds. The van der Waals surface area contributed by atoms with E-state index in [0.717, 1.165) is 9.56 Å². The smallest absolute Gasteiger partial charge is 0.410 e. The van der Waals surface area contributed by atoms with Crippen molar-refractivity contribution >= 4 is 40.4 Å². The van der Waals surface area contributed by atoms with Crippen LogP contribution < -0.4 is 10.6 Å². The molecule has 3 heterocycles. The van der Waals surface area contributed by atoms with Gasteiger partial charge in [0.2, 0.25) is 0 Å². The van der Waals surface area contributed by atoms with Crippen molar-refractivity contribution < 1.29 is 23.1 Å². The van der Waals surface area contributed by atoms with Gasteiger partial charge >= 0.3 is 6.18 Å². The molecule has 0 saturated carbocycles.